The maximum absolute atomic E-state index is 12.3. The lowest BCUT2D eigenvalue weighted by Crippen LogP contribution is -2.38. The third-order valence-corrected chi connectivity index (χ3v) is 5.67. The fourth-order valence-electron chi connectivity index (χ4n) is 3.28. The molecule has 5 nitrogen and oxygen atoms in total. The Morgan fingerprint density at radius 1 is 1.33 bits per heavy atom. The molecule has 3 atom stereocenters. The molecule has 2 bridgehead atoms. The number of hydrogen-bond donors (Lipinski definition) is 2. The van der Waals surface area contributed by atoms with Crippen LogP contribution in [0.25, 0.3) is 0 Å². The van der Waals surface area contributed by atoms with Crippen molar-refractivity contribution in [1.29, 1.82) is 0 Å². The minimum Gasteiger partial charge on any atom is -0.383 e. The van der Waals surface area contributed by atoms with Gasteiger partial charge in [-0.15, -0.1) is 0 Å². The van der Waals surface area contributed by atoms with Crippen molar-refractivity contribution >= 4 is 15.8 Å². The molecule has 2 aliphatic carbocycles. The molecule has 18 heavy (non-hydrogen) atoms. The lowest BCUT2D eigenvalue weighted by atomic mass is 9.96. The molecule has 0 spiro atoms. The molecule has 0 saturated heterocycles. The van der Waals surface area contributed by atoms with Crippen molar-refractivity contribution in [3.8, 4) is 0 Å². The second kappa shape index (κ2) is 4.20. The van der Waals surface area contributed by atoms with Crippen LogP contribution in [0.5, 0.6) is 0 Å². The van der Waals surface area contributed by atoms with Crippen LogP contribution in [0.2, 0.25) is 0 Å². The van der Waals surface area contributed by atoms with Crippen LogP contribution in [-0.4, -0.2) is 19.4 Å². The molecule has 0 aromatic carbocycles. The summed E-state index contributed by atoms with van der Waals surface area (Å²) in [6.07, 6.45) is 6.00. The fourth-order valence-corrected chi connectivity index (χ4v) is 4.68. The van der Waals surface area contributed by atoms with E-state index in [9.17, 15) is 8.42 Å². The third-order valence-electron chi connectivity index (χ3n) is 4.13. The van der Waals surface area contributed by atoms with E-state index in [1.807, 2.05) is 0 Å². The van der Waals surface area contributed by atoms with Crippen molar-refractivity contribution in [2.45, 2.75) is 36.6 Å². The molecule has 3 rings (SSSR count). The van der Waals surface area contributed by atoms with E-state index in [1.54, 1.807) is 6.07 Å². The minimum atomic E-state index is -3.53. The van der Waals surface area contributed by atoms with Crippen LogP contribution in [0.1, 0.15) is 25.7 Å². The van der Waals surface area contributed by atoms with Gasteiger partial charge in [-0.1, -0.05) is 6.42 Å². The maximum atomic E-state index is 12.3. The van der Waals surface area contributed by atoms with Gasteiger partial charge in [0.1, 0.15) is 10.7 Å². The first kappa shape index (κ1) is 11.9. The zero-order valence-corrected chi connectivity index (χ0v) is 10.9. The van der Waals surface area contributed by atoms with Crippen molar-refractivity contribution in [3.05, 3.63) is 18.3 Å². The third kappa shape index (κ3) is 1.99. The first-order chi connectivity index (χ1) is 8.56. The van der Waals surface area contributed by atoms with E-state index < -0.39 is 10.0 Å². The van der Waals surface area contributed by atoms with E-state index in [2.05, 4.69) is 9.71 Å². The van der Waals surface area contributed by atoms with Crippen LogP contribution in [0.3, 0.4) is 0 Å². The summed E-state index contributed by atoms with van der Waals surface area (Å²) in [6, 6.07) is 3.16. The lowest BCUT2D eigenvalue weighted by molar-refractivity contribution is 0.390. The normalized spacial score (nSPS) is 30.8. The smallest absolute Gasteiger partial charge is 0.244 e. The molecule has 1 heterocycles. The van der Waals surface area contributed by atoms with Gasteiger partial charge in [0.2, 0.25) is 10.0 Å². The van der Waals surface area contributed by atoms with Gasteiger partial charge in [0, 0.05) is 12.2 Å². The first-order valence-electron chi connectivity index (χ1n) is 6.29. The zero-order valence-electron chi connectivity index (χ0n) is 10.0. The average Bonchev–Trinajstić information content (AvgIpc) is 2.90. The van der Waals surface area contributed by atoms with Crippen LogP contribution < -0.4 is 10.5 Å². The van der Waals surface area contributed by atoms with Gasteiger partial charge >= 0.3 is 0 Å². The SMILES string of the molecule is Nc1ncccc1S(=O)(=O)NC1CC2CCC1C2. The number of sulfonamides is 1. The molecular formula is C12H17N3O2S. The molecule has 98 valence electrons. The summed E-state index contributed by atoms with van der Waals surface area (Å²) in [6.45, 7) is 0. The Hall–Kier alpha value is -1.14. The van der Waals surface area contributed by atoms with Crippen LogP contribution in [-0.2, 0) is 10.0 Å². The second-order valence-corrected chi connectivity index (χ2v) is 6.97. The van der Waals surface area contributed by atoms with E-state index in [-0.39, 0.29) is 16.8 Å². The molecule has 3 N–H and O–H groups in total. The molecule has 6 heteroatoms. The van der Waals surface area contributed by atoms with E-state index in [1.165, 1.54) is 18.7 Å². The first-order valence-corrected chi connectivity index (χ1v) is 7.77. The Morgan fingerprint density at radius 2 is 2.17 bits per heavy atom. The van der Waals surface area contributed by atoms with Gasteiger partial charge in [-0.3, -0.25) is 0 Å². The van der Waals surface area contributed by atoms with Crippen molar-refractivity contribution in [2.24, 2.45) is 11.8 Å². The Bertz CT molecular complexity index is 558. The number of hydrogen-bond acceptors (Lipinski definition) is 4. The molecular weight excluding hydrogens is 250 g/mol. The number of nitrogens with zero attached hydrogens (tertiary/aromatic N) is 1. The van der Waals surface area contributed by atoms with Gasteiger partial charge in [-0.05, 0) is 43.2 Å². The van der Waals surface area contributed by atoms with Gasteiger partial charge in [0.25, 0.3) is 0 Å². The topological polar surface area (TPSA) is 85.1 Å². The Labute approximate surface area is 107 Å². The standard InChI is InChI=1S/C12H17N3O2S/c13-12-11(2-1-5-14-12)18(16,17)15-10-7-8-3-4-9(10)6-8/h1-2,5,8-10,15H,3-4,6-7H2,(H2,13,14). The number of fused-ring (bicyclic) bond motifs is 2. The summed E-state index contributed by atoms with van der Waals surface area (Å²) in [5.41, 5.74) is 5.63. The quantitative estimate of drug-likeness (QED) is 0.859. The molecule has 2 aliphatic rings. The number of rotatable bonds is 3. The maximum Gasteiger partial charge on any atom is 0.244 e. The van der Waals surface area contributed by atoms with Crippen molar-refractivity contribution in [3.63, 3.8) is 0 Å². The van der Waals surface area contributed by atoms with Crippen molar-refractivity contribution in [1.82, 2.24) is 9.71 Å². The van der Waals surface area contributed by atoms with E-state index >= 15 is 0 Å². The van der Waals surface area contributed by atoms with Crippen molar-refractivity contribution in [2.75, 3.05) is 5.73 Å². The summed E-state index contributed by atoms with van der Waals surface area (Å²) in [5, 5.41) is 0. The largest absolute Gasteiger partial charge is 0.383 e. The molecule has 2 saturated carbocycles. The molecule has 0 amide bonds. The molecule has 0 radical (unpaired) electrons. The van der Waals surface area contributed by atoms with E-state index in [4.69, 9.17) is 5.73 Å². The number of nitrogens with two attached hydrogens (primary N) is 1. The van der Waals surface area contributed by atoms with Crippen LogP contribution >= 0.6 is 0 Å². The van der Waals surface area contributed by atoms with Gasteiger partial charge in [0.05, 0.1) is 0 Å². The predicted octanol–water partition coefficient (Wildman–Crippen LogP) is 1.13. The number of aromatic nitrogens is 1. The highest BCUT2D eigenvalue weighted by atomic mass is 32.2. The second-order valence-electron chi connectivity index (χ2n) is 5.29. The Morgan fingerprint density at radius 3 is 2.78 bits per heavy atom. The van der Waals surface area contributed by atoms with Gasteiger partial charge in [-0.2, -0.15) is 0 Å². The summed E-state index contributed by atoms with van der Waals surface area (Å²) in [7, 11) is -3.53. The molecule has 0 aliphatic heterocycles. The minimum absolute atomic E-state index is 0.0631. The van der Waals surface area contributed by atoms with Gasteiger partial charge in [0.15, 0.2) is 0 Å². The molecule has 1 aromatic heterocycles. The highest BCUT2D eigenvalue weighted by Crippen LogP contribution is 2.44. The number of nitrogens with one attached hydrogen (secondary N) is 1. The van der Waals surface area contributed by atoms with Gasteiger partial charge in [-0.25, -0.2) is 18.1 Å². The lowest BCUT2D eigenvalue weighted by Gasteiger charge is -2.22. The molecule has 3 unspecified atom stereocenters. The van der Waals surface area contributed by atoms with Gasteiger partial charge < -0.3 is 5.73 Å². The highest BCUT2D eigenvalue weighted by Gasteiger charge is 2.41. The number of anilines is 1. The number of pyridine rings is 1. The summed E-state index contributed by atoms with van der Waals surface area (Å²) in [5.74, 6) is 1.27. The van der Waals surface area contributed by atoms with E-state index in [0.29, 0.717) is 11.8 Å². The monoisotopic (exact) mass is 267 g/mol. The predicted molar refractivity (Wildman–Crippen MR) is 68.2 cm³/mol. The Kier molecular flexibility index (Phi) is 2.79. The summed E-state index contributed by atoms with van der Waals surface area (Å²) < 4.78 is 27.3. The van der Waals surface area contributed by atoms with Crippen LogP contribution in [0.15, 0.2) is 23.2 Å². The number of nitrogen functional groups attached to an aromatic ring is 1. The summed E-state index contributed by atoms with van der Waals surface area (Å²) in [4.78, 5) is 3.92. The zero-order chi connectivity index (χ0) is 12.8. The molecule has 2 fully saturated rings. The van der Waals surface area contributed by atoms with Crippen molar-refractivity contribution < 1.29 is 8.42 Å². The van der Waals surface area contributed by atoms with Crippen LogP contribution in [0, 0.1) is 11.8 Å². The molecule has 1 aromatic rings. The summed E-state index contributed by atoms with van der Waals surface area (Å²) >= 11 is 0. The highest BCUT2D eigenvalue weighted by molar-refractivity contribution is 7.89. The fraction of sp³-hybridized carbons (Fsp3) is 0.583. The van der Waals surface area contributed by atoms with E-state index in [0.717, 1.165) is 19.3 Å². The van der Waals surface area contributed by atoms with Crippen LogP contribution in [0.4, 0.5) is 5.82 Å². The Balaban J connectivity index is 1.82. The average molecular weight is 267 g/mol.